The summed E-state index contributed by atoms with van der Waals surface area (Å²) in [5.41, 5.74) is 4.51. The molecule has 198 valence electrons. The van der Waals surface area contributed by atoms with Gasteiger partial charge in [0.15, 0.2) is 0 Å². The molecule has 0 amide bonds. The van der Waals surface area contributed by atoms with Gasteiger partial charge in [0, 0.05) is 36.5 Å². The summed E-state index contributed by atoms with van der Waals surface area (Å²) >= 11 is 6.28. The Morgan fingerprint density at radius 2 is 1.86 bits per heavy atom. The van der Waals surface area contributed by atoms with E-state index in [0.29, 0.717) is 43.1 Å². The van der Waals surface area contributed by atoms with Crippen LogP contribution >= 0.6 is 11.6 Å². The van der Waals surface area contributed by atoms with E-state index in [1.165, 1.54) is 0 Å². The number of pyridine rings is 1. The van der Waals surface area contributed by atoms with Crippen LogP contribution in [0.3, 0.4) is 0 Å². The van der Waals surface area contributed by atoms with Crippen LogP contribution in [0.25, 0.3) is 11.1 Å². The van der Waals surface area contributed by atoms with E-state index in [2.05, 4.69) is 10.3 Å². The second kappa shape index (κ2) is 13.1. The van der Waals surface area contributed by atoms with E-state index in [1.54, 1.807) is 35.6 Å². The summed E-state index contributed by atoms with van der Waals surface area (Å²) in [6.07, 6.45) is 4.95. The van der Waals surface area contributed by atoms with E-state index in [-0.39, 0.29) is 11.3 Å². The first-order chi connectivity index (χ1) is 17.6. The molecule has 3 aromatic rings. The molecule has 1 aromatic heterocycles. The summed E-state index contributed by atoms with van der Waals surface area (Å²) in [5.74, 6) is -0.848. The number of nitrogens with one attached hydrogen (secondary N) is 1. The third-order valence-corrected chi connectivity index (χ3v) is 8.96. The summed E-state index contributed by atoms with van der Waals surface area (Å²) < 4.78 is 29.4. The fraction of sp³-hybridized carbons (Fsp3) is 0.357. The molecule has 0 unspecified atom stereocenters. The number of aliphatic carboxylic acids is 1. The Hall–Kier alpha value is -2.78. The largest absolute Gasteiger partial charge is 0.481 e. The van der Waals surface area contributed by atoms with Gasteiger partial charge in [0.2, 0.25) is 10.0 Å². The molecule has 0 aliphatic carbocycles. The zero-order chi connectivity index (χ0) is 27.0. The second-order valence-electron chi connectivity index (χ2n) is 9.07. The molecule has 9 heteroatoms. The van der Waals surface area contributed by atoms with E-state index < -0.39 is 22.0 Å². The maximum atomic E-state index is 13.9. The average Bonchev–Trinajstić information content (AvgIpc) is 2.87. The summed E-state index contributed by atoms with van der Waals surface area (Å²) in [6.45, 7) is 6.94. The highest BCUT2D eigenvalue weighted by atomic mass is 35.5. The number of sulfonamides is 1. The third-order valence-electron chi connectivity index (χ3n) is 6.43. The molecule has 0 saturated heterocycles. The van der Waals surface area contributed by atoms with Crippen LogP contribution in [0, 0.1) is 13.8 Å². The predicted octanol–water partition coefficient (Wildman–Crippen LogP) is 5.62. The molecule has 2 aromatic carbocycles. The van der Waals surface area contributed by atoms with Gasteiger partial charge in [-0.2, -0.15) is 4.31 Å². The number of hydrogen-bond acceptors (Lipinski definition) is 5. The molecule has 0 aliphatic rings. The molecule has 0 fully saturated rings. The van der Waals surface area contributed by atoms with Gasteiger partial charge in [0.1, 0.15) is 0 Å². The Morgan fingerprint density at radius 1 is 1.11 bits per heavy atom. The van der Waals surface area contributed by atoms with Crippen molar-refractivity contribution in [1.29, 1.82) is 0 Å². The number of halogens is 1. The van der Waals surface area contributed by atoms with Crippen LogP contribution in [0.5, 0.6) is 0 Å². The van der Waals surface area contributed by atoms with Crippen molar-refractivity contribution in [2.24, 2.45) is 0 Å². The monoisotopic (exact) mass is 543 g/mol. The first-order valence-electron chi connectivity index (χ1n) is 12.3. The number of nitrogens with zero attached hydrogens (tertiary/aromatic N) is 2. The molecule has 1 heterocycles. The van der Waals surface area contributed by atoms with Crippen molar-refractivity contribution < 1.29 is 18.3 Å². The van der Waals surface area contributed by atoms with E-state index in [9.17, 15) is 13.2 Å². The number of hydrogen-bond donors (Lipinski definition) is 2. The van der Waals surface area contributed by atoms with Crippen molar-refractivity contribution in [3.8, 4) is 11.1 Å². The van der Waals surface area contributed by atoms with Crippen molar-refractivity contribution in [1.82, 2.24) is 14.6 Å². The maximum absolute atomic E-state index is 13.9. The molecule has 37 heavy (non-hydrogen) atoms. The Kier molecular flexibility index (Phi) is 10.2. The van der Waals surface area contributed by atoms with E-state index in [4.69, 9.17) is 16.7 Å². The Morgan fingerprint density at radius 3 is 2.59 bits per heavy atom. The molecule has 3 rings (SSSR count). The quantitative estimate of drug-likeness (QED) is 0.272. The average molecular weight is 544 g/mol. The van der Waals surface area contributed by atoms with Crippen LogP contribution in [-0.2, 0) is 14.8 Å². The lowest BCUT2D eigenvalue weighted by Crippen LogP contribution is -2.35. The first-order valence-corrected chi connectivity index (χ1v) is 14.1. The van der Waals surface area contributed by atoms with Crippen LogP contribution in [0.15, 0.2) is 65.8 Å². The van der Waals surface area contributed by atoms with Gasteiger partial charge in [-0.05, 0) is 92.2 Å². The van der Waals surface area contributed by atoms with Crippen molar-refractivity contribution in [3.05, 3.63) is 82.6 Å². The molecule has 1 atom stereocenters. The fourth-order valence-corrected chi connectivity index (χ4v) is 6.42. The Bertz CT molecular complexity index is 1330. The molecule has 0 spiro atoms. The minimum atomic E-state index is -3.86. The number of benzene rings is 2. The van der Waals surface area contributed by atoms with Crippen molar-refractivity contribution >= 4 is 27.6 Å². The summed E-state index contributed by atoms with van der Waals surface area (Å²) in [7, 11) is -3.86. The Balaban J connectivity index is 1.88. The second-order valence-corrected chi connectivity index (χ2v) is 11.3. The van der Waals surface area contributed by atoms with Crippen molar-refractivity contribution in [2.75, 3.05) is 19.6 Å². The van der Waals surface area contributed by atoms with E-state index in [1.807, 2.05) is 50.4 Å². The fourth-order valence-electron chi connectivity index (χ4n) is 4.28. The van der Waals surface area contributed by atoms with Gasteiger partial charge in [-0.1, -0.05) is 35.9 Å². The SMILES string of the molecule is Cc1cnccc1-c1cccc([C@H](C)N(CCCCNCCC(=O)O)S(=O)(=O)c2cccc(Cl)c2C)c1. The van der Waals surface area contributed by atoms with Crippen LogP contribution < -0.4 is 5.32 Å². The number of carboxylic acids is 1. The number of unbranched alkanes of at least 4 members (excludes halogenated alkanes) is 1. The van der Waals surface area contributed by atoms with Crippen molar-refractivity contribution in [2.45, 2.75) is 51.0 Å². The van der Waals surface area contributed by atoms with E-state index >= 15 is 0 Å². The molecule has 0 bridgehead atoms. The first kappa shape index (κ1) is 28.8. The smallest absolute Gasteiger partial charge is 0.304 e. The number of carbonyl (C=O) groups is 1. The lowest BCUT2D eigenvalue weighted by Gasteiger charge is -2.30. The Labute approximate surface area is 224 Å². The summed E-state index contributed by atoms with van der Waals surface area (Å²) in [5, 5.41) is 12.3. The van der Waals surface area contributed by atoms with Gasteiger partial charge >= 0.3 is 5.97 Å². The molecule has 0 radical (unpaired) electrons. The van der Waals surface area contributed by atoms with Crippen LogP contribution in [-0.4, -0.2) is 48.4 Å². The predicted molar refractivity (Wildman–Crippen MR) is 147 cm³/mol. The number of carboxylic acid groups (broad SMARTS) is 1. The summed E-state index contributed by atoms with van der Waals surface area (Å²) in [4.78, 5) is 15.1. The number of aryl methyl sites for hydroxylation is 1. The van der Waals surface area contributed by atoms with Crippen LogP contribution in [0.1, 0.15) is 48.9 Å². The lowest BCUT2D eigenvalue weighted by atomic mass is 9.98. The summed E-state index contributed by atoms with van der Waals surface area (Å²) in [6, 6.07) is 14.4. The van der Waals surface area contributed by atoms with Crippen LogP contribution in [0.2, 0.25) is 5.02 Å². The lowest BCUT2D eigenvalue weighted by molar-refractivity contribution is -0.136. The highest BCUT2D eigenvalue weighted by molar-refractivity contribution is 7.89. The van der Waals surface area contributed by atoms with Gasteiger partial charge in [0.25, 0.3) is 0 Å². The molecule has 7 nitrogen and oxygen atoms in total. The highest BCUT2D eigenvalue weighted by Gasteiger charge is 2.31. The zero-order valence-electron chi connectivity index (χ0n) is 21.4. The number of aromatic nitrogens is 1. The number of rotatable bonds is 13. The van der Waals surface area contributed by atoms with Crippen molar-refractivity contribution in [3.63, 3.8) is 0 Å². The van der Waals surface area contributed by atoms with Gasteiger partial charge < -0.3 is 10.4 Å². The van der Waals surface area contributed by atoms with Gasteiger partial charge in [-0.25, -0.2) is 8.42 Å². The maximum Gasteiger partial charge on any atom is 0.304 e. The molecule has 0 saturated carbocycles. The van der Waals surface area contributed by atoms with E-state index in [0.717, 1.165) is 22.3 Å². The van der Waals surface area contributed by atoms with Gasteiger partial charge in [0.05, 0.1) is 11.3 Å². The molecular weight excluding hydrogens is 510 g/mol. The topological polar surface area (TPSA) is 99.6 Å². The minimum Gasteiger partial charge on any atom is -0.481 e. The highest BCUT2D eigenvalue weighted by Crippen LogP contribution is 2.33. The third kappa shape index (κ3) is 7.38. The molecule has 2 N–H and O–H groups in total. The molecular formula is C28H34ClN3O4S. The standard InChI is InChI=1S/C28H34ClN3O4S/c1-20-19-31-15-12-25(20)24-9-6-8-23(18-24)22(3)32(17-5-4-14-30-16-13-28(33)34)37(35,36)27-11-7-10-26(29)21(27)2/h6-12,15,18-19,22,30H,4-5,13-14,16-17H2,1-3H3,(H,33,34)/t22-/m0/s1. The van der Waals surface area contributed by atoms with Crippen LogP contribution in [0.4, 0.5) is 0 Å². The zero-order valence-corrected chi connectivity index (χ0v) is 23.0. The normalized spacial score (nSPS) is 12.6. The van der Waals surface area contributed by atoms with Gasteiger partial charge in [-0.3, -0.25) is 9.78 Å². The van der Waals surface area contributed by atoms with Gasteiger partial charge in [-0.15, -0.1) is 0 Å². The molecule has 0 aliphatic heterocycles. The minimum absolute atomic E-state index is 0.0544.